The van der Waals surface area contributed by atoms with E-state index >= 15 is 0 Å². The van der Waals surface area contributed by atoms with Crippen LogP contribution in [0.5, 0.6) is 0 Å². The average Bonchev–Trinajstić information content (AvgIpc) is 2.74. The smallest absolute Gasteiger partial charge is 0.311 e. The summed E-state index contributed by atoms with van der Waals surface area (Å²) in [5.74, 6) is -2.71. The van der Waals surface area contributed by atoms with Crippen LogP contribution in [0.1, 0.15) is 32.1 Å². The van der Waals surface area contributed by atoms with Crippen molar-refractivity contribution in [2.75, 3.05) is 6.54 Å². The van der Waals surface area contributed by atoms with Crippen LogP contribution in [-0.2, 0) is 14.4 Å². The summed E-state index contributed by atoms with van der Waals surface area (Å²) in [6.07, 6.45) is 2.23. The van der Waals surface area contributed by atoms with Crippen LogP contribution in [0.3, 0.4) is 0 Å². The Hall–Kier alpha value is -1.63. The lowest BCUT2D eigenvalue weighted by molar-refractivity contribution is -0.149. The Labute approximate surface area is 104 Å². The van der Waals surface area contributed by atoms with E-state index in [1.54, 1.807) is 0 Å². The third-order valence-electron chi connectivity index (χ3n) is 3.35. The van der Waals surface area contributed by atoms with Crippen molar-refractivity contribution in [3.8, 4) is 0 Å². The summed E-state index contributed by atoms with van der Waals surface area (Å²) in [6, 6.07) is -1.14. The fraction of sp³-hybridized carbons (Fsp3) is 0.727. The highest BCUT2D eigenvalue weighted by Crippen LogP contribution is 2.37. The van der Waals surface area contributed by atoms with Crippen molar-refractivity contribution in [3.63, 3.8) is 0 Å². The number of aliphatic carboxylic acids is 2. The molecule has 1 atom stereocenters. The average molecular weight is 258 g/mol. The SMILES string of the molecule is NC(CC(=O)O)C(=O)NCC1(C(=O)O)CCCC1. The van der Waals surface area contributed by atoms with Gasteiger partial charge in [0.2, 0.25) is 5.91 Å². The fourth-order valence-electron chi connectivity index (χ4n) is 2.19. The van der Waals surface area contributed by atoms with Crippen molar-refractivity contribution in [3.05, 3.63) is 0 Å². The minimum absolute atomic E-state index is 0.00842. The molecule has 0 saturated heterocycles. The van der Waals surface area contributed by atoms with Gasteiger partial charge in [-0.15, -0.1) is 0 Å². The lowest BCUT2D eigenvalue weighted by Gasteiger charge is -2.24. The number of carboxylic acid groups (broad SMARTS) is 2. The number of carboxylic acids is 2. The highest BCUT2D eigenvalue weighted by atomic mass is 16.4. The summed E-state index contributed by atoms with van der Waals surface area (Å²) in [6.45, 7) is 0.00842. The number of rotatable bonds is 6. The molecule has 1 rings (SSSR count). The molecule has 1 aliphatic carbocycles. The summed E-state index contributed by atoms with van der Waals surface area (Å²) in [7, 11) is 0. The van der Waals surface area contributed by atoms with Crippen molar-refractivity contribution in [2.45, 2.75) is 38.1 Å². The Bertz CT molecular complexity index is 349. The van der Waals surface area contributed by atoms with Crippen molar-refractivity contribution >= 4 is 17.8 Å². The van der Waals surface area contributed by atoms with Crippen molar-refractivity contribution < 1.29 is 24.6 Å². The number of carbonyl (C=O) groups excluding carboxylic acids is 1. The Morgan fingerprint density at radius 3 is 2.22 bits per heavy atom. The summed E-state index contributed by atoms with van der Waals surface area (Å²) >= 11 is 0. The molecule has 102 valence electrons. The molecule has 1 saturated carbocycles. The third-order valence-corrected chi connectivity index (χ3v) is 3.35. The first-order chi connectivity index (χ1) is 8.37. The second-order valence-electron chi connectivity index (χ2n) is 4.71. The van der Waals surface area contributed by atoms with E-state index in [2.05, 4.69) is 5.32 Å². The summed E-state index contributed by atoms with van der Waals surface area (Å²) in [4.78, 5) is 33.1. The van der Waals surface area contributed by atoms with Gasteiger partial charge in [-0.1, -0.05) is 12.8 Å². The highest BCUT2D eigenvalue weighted by molar-refractivity contribution is 5.86. The Morgan fingerprint density at radius 1 is 1.22 bits per heavy atom. The Morgan fingerprint density at radius 2 is 1.78 bits per heavy atom. The number of carbonyl (C=O) groups is 3. The van der Waals surface area contributed by atoms with Gasteiger partial charge < -0.3 is 21.3 Å². The number of hydrogen-bond donors (Lipinski definition) is 4. The molecule has 1 aliphatic rings. The van der Waals surface area contributed by atoms with Gasteiger partial charge in [0, 0.05) is 6.54 Å². The van der Waals surface area contributed by atoms with Crippen LogP contribution in [0.15, 0.2) is 0 Å². The van der Waals surface area contributed by atoms with Crippen LogP contribution in [-0.4, -0.2) is 40.6 Å². The first-order valence-electron chi connectivity index (χ1n) is 5.86. The molecule has 0 aromatic carbocycles. The van der Waals surface area contributed by atoms with Gasteiger partial charge in [-0.25, -0.2) is 0 Å². The van der Waals surface area contributed by atoms with Crippen LogP contribution in [0.4, 0.5) is 0 Å². The molecule has 0 bridgehead atoms. The number of amides is 1. The largest absolute Gasteiger partial charge is 0.481 e. The quantitative estimate of drug-likeness (QED) is 0.510. The fourth-order valence-corrected chi connectivity index (χ4v) is 2.19. The highest BCUT2D eigenvalue weighted by Gasteiger charge is 2.41. The summed E-state index contributed by atoms with van der Waals surface area (Å²) in [5, 5.41) is 20.1. The maximum atomic E-state index is 11.5. The second kappa shape index (κ2) is 5.81. The molecule has 0 heterocycles. The maximum Gasteiger partial charge on any atom is 0.311 e. The molecule has 1 unspecified atom stereocenters. The van der Waals surface area contributed by atoms with Gasteiger partial charge in [-0.3, -0.25) is 14.4 Å². The van der Waals surface area contributed by atoms with Gasteiger partial charge in [0.15, 0.2) is 0 Å². The van der Waals surface area contributed by atoms with E-state index in [0.717, 1.165) is 12.8 Å². The molecule has 7 heteroatoms. The summed E-state index contributed by atoms with van der Waals surface area (Å²) in [5.41, 5.74) is 4.46. The molecular weight excluding hydrogens is 240 g/mol. The Balaban J connectivity index is 2.50. The monoisotopic (exact) mass is 258 g/mol. The van der Waals surface area contributed by atoms with Crippen molar-refractivity contribution in [1.29, 1.82) is 0 Å². The first-order valence-corrected chi connectivity index (χ1v) is 5.86. The molecule has 0 aliphatic heterocycles. The lowest BCUT2D eigenvalue weighted by atomic mass is 9.86. The zero-order valence-corrected chi connectivity index (χ0v) is 10.0. The number of nitrogens with one attached hydrogen (secondary N) is 1. The van der Waals surface area contributed by atoms with E-state index in [9.17, 15) is 19.5 Å². The van der Waals surface area contributed by atoms with E-state index in [1.165, 1.54) is 0 Å². The predicted octanol–water partition coefficient (Wildman–Crippen LogP) is -0.450. The van der Waals surface area contributed by atoms with Gasteiger partial charge in [-0.2, -0.15) is 0 Å². The second-order valence-corrected chi connectivity index (χ2v) is 4.71. The van der Waals surface area contributed by atoms with Gasteiger partial charge in [0.25, 0.3) is 0 Å². The molecular formula is C11H18N2O5. The number of nitrogens with two attached hydrogens (primary N) is 1. The van der Waals surface area contributed by atoms with Gasteiger partial charge in [0.1, 0.15) is 0 Å². The van der Waals surface area contributed by atoms with Crippen LogP contribution in [0.2, 0.25) is 0 Å². The summed E-state index contributed by atoms with van der Waals surface area (Å²) < 4.78 is 0. The van der Waals surface area contributed by atoms with Crippen LogP contribution < -0.4 is 11.1 Å². The zero-order chi connectivity index (χ0) is 13.8. The topological polar surface area (TPSA) is 130 Å². The first kappa shape index (κ1) is 14.4. The third kappa shape index (κ3) is 3.43. The molecule has 0 aromatic rings. The molecule has 1 amide bonds. The van der Waals surface area contributed by atoms with Crippen LogP contribution in [0, 0.1) is 5.41 Å². The molecule has 7 nitrogen and oxygen atoms in total. The maximum absolute atomic E-state index is 11.5. The molecule has 18 heavy (non-hydrogen) atoms. The molecule has 1 fully saturated rings. The number of hydrogen-bond acceptors (Lipinski definition) is 4. The van der Waals surface area contributed by atoms with E-state index in [4.69, 9.17) is 10.8 Å². The van der Waals surface area contributed by atoms with Gasteiger partial charge in [0.05, 0.1) is 17.9 Å². The molecule has 5 N–H and O–H groups in total. The van der Waals surface area contributed by atoms with E-state index in [-0.39, 0.29) is 6.54 Å². The molecule has 0 spiro atoms. The van der Waals surface area contributed by atoms with Crippen LogP contribution >= 0.6 is 0 Å². The lowest BCUT2D eigenvalue weighted by Crippen LogP contribution is -2.47. The van der Waals surface area contributed by atoms with Gasteiger partial charge >= 0.3 is 11.9 Å². The Kier molecular flexibility index (Phi) is 4.66. The minimum atomic E-state index is -1.16. The minimum Gasteiger partial charge on any atom is -0.481 e. The van der Waals surface area contributed by atoms with E-state index in [0.29, 0.717) is 12.8 Å². The van der Waals surface area contributed by atoms with Crippen LogP contribution in [0.25, 0.3) is 0 Å². The van der Waals surface area contributed by atoms with E-state index < -0.39 is 35.7 Å². The van der Waals surface area contributed by atoms with E-state index in [1.807, 2.05) is 0 Å². The predicted molar refractivity (Wildman–Crippen MR) is 61.8 cm³/mol. The molecule has 0 radical (unpaired) electrons. The van der Waals surface area contributed by atoms with Crippen molar-refractivity contribution in [1.82, 2.24) is 5.32 Å². The molecule has 0 aromatic heterocycles. The van der Waals surface area contributed by atoms with Gasteiger partial charge in [-0.05, 0) is 12.8 Å². The van der Waals surface area contributed by atoms with Crippen molar-refractivity contribution in [2.24, 2.45) is 11.1 Å². The zero-order valence-electron chi connectivity index (χ0n) is 10.0. The standard InChI is InChI=1S/C11H18N2O5/c12-7(5-8(14)15)9(16)13-6-11(10(17)18)3-1-2-4-11/h7H,1-6,12H2,(H,13,16)(H,14,15)(H,17,18). The normalized spacial score (nSPS) is 19.2.